The van der Waals surface area contributed by atoms with Gasteiger partial charge >= 0.3 is 0 Å². The van der Waals surface area contributed by atoms with Crippen LogP contribution in [0.3, 0.4) is 0 Å². The van der Waals surface area contributed by atoms with Crippen molar-refractivity contribution in [1.82, 2.24) is 4.98 Å². The molecule has 0 amide bonds. The number of thiophene rings is 1. The molecule has 0 aliphatic heterocycles. The number of H-pyrrole nitrogens is 1. The van der Waals surface area contributed by atoms with Gasteiger partial charge < -0.3 is 10.3 Å². The van der Waals surface area contributed by atoms with Crippen molar-refractivity contribution < 1.29 is 0 Å². The SMILES string of the molecule is O=c1[nH]c2ccccc2cc1CNc1ccsc1. The first-order chi connectivity index (χ1) is 8.83. The standard InChI is InChI=1S/C14H12N2OS/c17-14-11(8-15-12-5-6-18-9-12)7-10-3-1-2-4-13(10)16-14/h1-7,9,15H,8H2,(H,16,17). The average molecular weight is 256 g/mol. The minimum atomic E-state index is -0.0311. The number of hydrogen-bond acceptors (Lipinski definition) is 3. The van der Waals surface area contributed by atoms with Crippen LogP contribution in [0.1, 0.15) is 5.56 Å². The maximum absolute atomic E-state index is 11.9. The number of anilines is 1. The fraction of sp³-hybridized carbons (Fsp3) is 0.0714. The van der Waals surface area contributed by atoms with Crippen molar-refractivity contribution in [3.05, 3.63) is 63.1 Å². The van der Waals surface area contributed by atoms with Crippen LogP contribution in [0.4, 0.5) is 5.69 Å². The summed E-state index contributed by atoms with van der Waals surface area (Å²) in [5.41, 5.74) is 2.64. The van der Waals surface area contributed by atoms with Gasteiger partial charge in [0, 0.05) is 28.7 Å². The molecular formula is C14H12N2OS. The molecule has 2 aromatic heterocycles. The van der Waals surface area contributed by atoms with Crippen molar-refractivity contribution in [2.75, 3.05) is 5.32 Å². The van der Waals surface area contributed by atoms with Crippen LogP contribution in [0.2, 0.25) is 0 Å². The van der Waals surface area contributed by atoms with E-state index in [9.17, 15) is 4.79 Å². The van der Waals surface area contributed by atoms with Crippen molar-refractivity contribution in [2.24, 2.45) is 0 Å². The zero-order valence-corrected chi connectivity index (χ0v) is 10.5. The molecule has 2 heterocycles. The van der Waals surface area contributed by atoms with E-state index in [1.165, 1.54) is 0 Å². The number of benzene rings is 1. The smallest absolute Gasteiger partial charge is 0.253 e. The Morgan fingerprint density at radius 3 is 2.94 bits per heavy atom. The first-order valence-corrected chi connectivity index (χ1v) is 6.64. The minimum Gasteiger partial charge on any atom is -0.380 e. The van der Waals surface area contributed by atoms with Crippen LogP contribution in [0.15, 0.2) is 52.0 Å². The van der Waals surface area contributed by atoms with Gasteiger partial charge in [0.1, 0.15) is 0 Å². The van der Waals surface area contributed by atoms with Crippen LogP contribution in [-0.2, 0) is 6.54 Å². The van der Waals surface area contributed by atoms with Gasteiger partial charge in [-0.2, -0.15) is 11.3 Å². The first kappa shape index (κ1) is 11.0. The number of aromatic amines is 1. The van der Waals surface area contributed by atoms with Gasteiger partial charge in [0.15, 0.2) is 0 Å². The highest BCUT2D eigenvalue weighted by atomic mass is 32.1. The summed E-state index contributed by atoms with van der Waals surface area (Å²) in [5.74, 6) is 0. The lowest BCUT2D eigenvalue weighted by Crippen LogP contribution is -2.15. The number of nitrogens with one attached hydrogen (secondary N) is 2. The molecule has 0 spiro atoms. The lowest BCUT2D eigenvalue weighted by atomic mass is 10.1. The van der Waals surface area contributed by atoms with E-state index in [0.717, 1.165) is 22.2 Å². The molecule has 4 heteroatoms. The zero-order valence-electron chi connectivity index (χ0n) is 9.64. The topological polar surface area (TPSA) is 44.9 Å². The Morgan fingerprint density at radius 1 is 1.22 bits per heavy atom. The van der Waals surface area contributed by atoms with Gasteiger partial charge in [-0.25, -0.2) is 0 Å². The fourth-order valence-corrected chi connectivity index (χ4v) is 2.50. The Bertz CT molecular complexity index is 716. The molecule has 90 valence electrons. The summed E-state index contributed by atoms with van der Waals surface area (Å²) in [6.45, 7) is 0.539. The van der Waals surface area contributed by atoms with Crippen LogP contribution >= 0.6 is 11.3 Å². The second-order valence-corrected chi connectivity index (χ2v) is 4.86. The van der Waals surface area contributed by atoms with Gasteiger partial charge in [-0.1, -0.05) is 18.2 Å². The molecule has 0 saturated carbocycles. The summed E-state index contributed by atoms with van der Waals surface area (Å²) in [6, 6.07) is 11.7. The molecule has 0 saturated heterocycles. The lowest BCUT2D eigenvalue weighted by molar-refractivity contribution is 1.09. The molecule has 0 atom stereocenters. The van der Waals surface area contributed by atoms with Gasteiger partial charge in [0.05, 0.1) is 0 Å². The molecule has 3 rings (SSSR count). The highest BCUT2D eigenvalue weighted by molar-refractivity contribution is 7.08. The summed E-state index contributed by atoms with van der Waals surface area (Å²) < 4.78 is 0. The van der Waals surface area contributed by atoms with Crippen LogP contribution < -0.4 is 10.9 Å². The van der Waals surface area contributed by atoms with Gasteiger partial charge in [-0.3, -0.25) is 4.79 Å². The molecule has 0 aliphatic carbocycles. The number of aromatic nitrogens is 1. The van der Waals surface area contributed by atoms with Crippen molar-refractivity contribution >= 4 is 27.9 Å². The Hall–Kier alpha value is -2.07. The van der Waals surface area contributed by atoms with E-state index in [-0.39, 0.29) is 5.56 Å². The number of hydrogen-bond donors (Lipinski definition) is 2. The predicted molar refractivity (Wildman–Crippen MR) is 76.2 cm³/mol. The molecule has 1 aromatic carbocycles. The number of para-hydroxylation sites is 1. The van der Waals surface area contributed by atoms with Crippen LogP contribution in [0, 0.1) is 0 Å². The Balaban J connectivity index is 1.92. The van der Waals surface area contributed by atoms with Crippen molar-refractivity contribution in [3.63, 3.8) is 0 Å². The van der Waals surface area contributed by atoms with Crippen molar-refractivity contribution in [3.8, 4) is 0 Å². The van der Waals surface area contributed by atoms with Gasteiger partial charge in [-0.15, -0.1) is 0 Å². The molecule has 3 aromatic rings. The van der Waals surface area contributed by atoms with E-state index in [1.54, 1.807) is 11.3 Å². The normalized spacial score (nSPS) is 10.7. The lowest BCUT2D eigenvalue weighted by Gasteiger charge is -2.05. The molecule has 0 radical (unpaired) electrons. The Morgan fingerprint density at radius 2 is 2.11 bits per heavy atom. The highest BCUT2D eigenvalue weighted by Gasteiger charge is 2.02. The number of pyridine rings is 1. The van der Waals surface area contributed by atoms with Crippen LogP contribution in [0.25, 0.3) is 10.9 Å². The summed E-state index contributed by atoms with van der Waals surface area (Å²) in [4.78, 5) is 14.8. The van der Waals surface area contributed by atoms with E-state index >= 15 is 0 Å². The monoisotopic (exact) mass is 256 g/mol. The number of rotatable bonds is 3. The van der Waals surface area contributed by atoms with E-state index in [1.807, 2.05) is 47.2 Å². The second kappa shape index (κ2) is 4.66. The molecule has 3 nitrogen and oxygen atoms in total. The largest absolute Gasteiger partial charge is 0.380 e. The molecule has 2 N–H and O–H groups in total. The maximum atomic E-state index is 11.9. The van der Waals surface area contributed by atoms with Crippen molar-refractivity contribution in [2.45, 2.75) is 6.54 Å². The van der Waals surface area contributed by atoms with Crippen LogP contribution in [-0.4, -0.2) is 4.98 Å². The summed E-state index contributed by atoms with van der Waals surface area (Å²) in [6.07, 6.45) is 0. The maximum Gasteiger partial charge on any atom is 0.253 e. The van der Waals surface area contributed by atoms with E-state index in [4.69, 9.17) is 0 Å². The van der Waals surface area contributed by atoms with Crippen molar-refractivity contribution in [1.29, 1.82) is 0 Å². The van der Waals surface area contributed by atoms with Crippen LogP contribution in [0.5, 0.6) is 0 Å². The van der Waals surface area contributed by atoms with Gasteiger partial charge in [0.2, 0.25) is 0 Å². The molecule has 0 aliphatic rings. The third-order valence-corrected chi connectivity index (χ3v) is 3.52. The first-order valence-electron chi connectivity index (χ1n) is 5.70. The Kier molecular flexibility index (Phi) is 2.86. The summed E-state index contributed by atoms with van der Waals surface area (Å²) in [7, 11) is 0. The third kappa shape index (κ3) is 2.15. The highest BCUT2D eigenvalue weighted by Crippen LogP contribution is 2.14. The van der Waals surface area contributed by atoms with E-state index in [0.29, 0.717) is 6.54 Å². The molecular weight excluding hydrogens is 244 g/mol. The van der Waals surface area contributed by atoms with Gasteiger partial charge in [0.25, 0.3) is 5.56 Å². The Labute approximate surface area is 108 Å². The molecule has 0 unspecified atom stereocenters. The minimum absolute atomic E-state index is 0.0311. The number of fused-ring (bicyclic) bond motifs is 1. The quantitative estimate of drug-likeness (QED) is 0.756. The third-order valence-electron chi connectivity index (χ3n) is 2.83. The zero-order chi connectivity index (χ0) is 12.4. The second-order valence-electron chi connectivity index (χ2n) is 4.08. The summed E-state index contributed by atoms with van der Waals surface area (Å²) in [5, 5.41) is 8.32. The van der Waals surface area contributed by atoms with E-state index in [2.05, 4.69) is 10.3 Å². The van der Waals surface area contributed by atoms with E-state index < -0.39 is 0 Å². The summed E-state index contributed by atoms with van der Waals surface area (Å²) >= 11 is 1.63. The van der Waals surface area contributed by atoms with Gasteiger partial charge in [-0.05, 0) is 29.0 Å². The fourth-order valence-electron chi connectivity index (χ4n) is 1.89. The molecule has 0 fully saturated rings. The predicted octanol–water partition coefficient (Wildman–Crippen LogP) is 3.20. The average Bonchev–Trinajstić information content (AvgIpc) is 2.89. The molecule has 0 bridgehead atoms. The molecule has 18 heavy (non-hydrogen) atoms.